The highest BCUT2D eigenvalue weighted by Gasteiger charge is 2.09. The van der Waals surface area contributed by atoms with E-state index in [0.29, 0.717) is 0 Å². The first-order valence-corrected chi connectivity index (χ1v) is 8.17. The molecule has 0 bridgehead atoms. The highest BCUT2D eigenvalue weighted by molar-refractivity contribution is 6.14. The Balaban J connectivity index is 2.22. The van der Waals surface area contributed by atoms with Gasteiger partial charge >= 0.3 is 0 Å². The number of fused-ring (bicyclic) bond motifs is 4. The molecule has 0 unspecified atom stereocenters. The largest absolute Gasteiger partial charge is 0.0616 e. The van der Waals surface area contributed by atoms with E-state index in [4.69, 9.17) is 0 Å². The van der Waals surface area contributed by atoms with Gasteiger partial charge in [0.25, 0.3) is 0 Å². The van der Waals surface area contributed by atoms with Crippen molar-refractivity contribution in [2.24, 2.45) is 0 Å². The number of hydrogen-bond acceptors (Lipinski definition) is 0. The van der Waals surface area contributed by atoms with E-state index in [0.717, 1.165) is 12.8 Å². The van der Waals surface area contributed by atoms with Gasteiger partial charge in [-0.25, -0.2) is 0 Å². The molecule has 4 aromatic carbocycles. The van der Waals surface area contributed by atoms with Gasteiger partial charge in [-0.1, -0.05) is 68.4 Å². The topological polar surface area (TPSA) is 0 Å². The maximum absolute atomic E-state index is 2.38. The first-order chi connectivity index (χ1) is 10.8. The molecule has 0 radical (unpaired) electrons. The molecule has 0 amide bonds. The van der Waals surface area contributed by atoms with Crippen LogP contribution in [0, 0.1) is 0 Å². The summed E-state index contributed by atoms with van der Waals surface area (Å²) in [6, 6.07) is 22.5. The van der Waals surface area contributed by atoms with Gasteiger partial charge in [-0.3, -0.25) is 0 Å². The third kappa shape index (κ3) is 1.91. The molecule has 0 N–H and O–H groups in total. The van der Waals surface area contributed by atoms with Crippen LogP contribution in [-0.2, 0) is 12.8 Å². The fourth-order valence-electron chi connectivity index (χ4n) is 3.61. The summed E-state index contributed by atoms with van der Waals surface area (Å²) in [5.41, 5.74) is 2.90. The van der Waals surface area contributed by atoms with E-state index in [1.165, 1.54) is 43.4 Å². The number of aryl methyl sites for hydroxylation is 2. The van der Waals surface area contributed by atoms with Crippen LogP contribution in [0.1, 0.15) is 25.0 Å². The van der Waals surface area contributed by atoms with E-state index in [9.17, 15) is 0 Å². The molecule has 0 aliphatic carbocycles. The minimum absolute atomic E-state index is 1.07. The maximum atomic E-state index is 2.38. The van der Waals surface area contributed by atoms with Crippen LogP contribution in [-0.4, -0.2) is 0 Å². The van der Waals surface area contributed by atoms with Crippen molar-refractivity contribution < 1.29 is 0 Å². The molecule has 0 aliphatic rings. The summed E-state index contributed by atoms with van der Waals surface area (Å²) in [7, 11) is 0. The van der Waals surface area contributed by atoms with Gasteiger partial charge in [0.05, 0.1) is 0 Å². The lowest BCUT2D eigenvalue weighted by molar-refractivity contribution is 1.14. The summed E-state index contributed by atoms with van der Waals surface area (Å²) in [6.07, 6.45) is 2.16. The average Bonchev–Trinajstić information content (AvgIpc) is 2.59. The molecule has 4 rings (SSSR count). The van der Waals surface area contributed by atoms with Crippen molar-refractivity contribution in [3.05, 3.63) is 71.8 Å². The second-order valence-electron chi connectivity index (χ2n) is 6.00. The van der Waals surface area contributed by atoms with Crippen LogP contribution in [0.2, 0.25) is 0 Å². The molecule has 4 aromatic rings. The molecule has 108 valence electrons. The highest BCUT2D eigenvalue weighted by Crippen LogP contribution is 2.34. The van der Waals surface area contributed by atoms with Crippen molar-refractivity contribution in [1.82, 2.24) is 0 Å². The third-order valence-corrected chi connectivity index (χ3v) is 4.80. The van der Waals surface area contributed by atoms with Crippen molar-refractivity contribution in [3.63, 3.8) is 0 Å². The first kappa shape index (κ1) is 13.3. The Hall–Kier alpha value is -2.34. The second-order valence-corrected chi connectivity index (χ2v) is 6.00. The highest BCUT2D eigenvalue weighted by atomic mass is 14.1. The predicted octanol–water partition coefficient (Wildman–Crippen LogP) is 6.27. The fraction of sp³-hybridized carbons (Fsp3) is 0.182. The molecular formula is C22H20. The summed E-state index contributed by atoms with van der Waals surface area (Å²) >= 11 is 0. The van der Waals surface area contributed by atoms with Gasteiger partial charge in [0.1, 0.15) is 0 Å². The fourth-order valence-corrected chi connectivity index (χ4v) is 3.61. The van der Waals surface area contributed by atoms with Crippen molar-refractivity contribution in [1.29, 1.82) is 0 Å². The standard InChI is InChI=1S/C22H20/c1-3-15-9-10-17-14-22-19-8-6-5-7-16(19)11-12-20(22)18(4-2)21(17)13-15/h5-14H,3-4H2,1-2H3. The second kappa shape index (κ2) is 5.14. The molecule has 0 saturated heterocycles. The molecule has 0 heteroatoms. The number of benzene rings is 4. The van der Waals surface area contributed by atoms with Crippen molar-refractivity contribution >= 4 is 32.3 Å². The Bertz CT molecular complexity index is 993. The van der Waals surface area contributed by atoms with Gasteiger partial charge in [-0.05, 0) is 62.4 Å². The number of rotatable bonds is 2. The van der Waals surface area contributed by atoms with Gasteiger partial charge in [0.2, 0.25) is 0 Å². The SMILES string of the molecule is CCc1ccc2cc3c(ccc4ccccc43)c(CC)c2c1. The zero-order valence-corrected chi connectivity index (χ0v) is 13.2. The molecule has 0 nitrogen and oxygen atoms in total. The zero-order chi connectivity index (χ0) is 15.1. The lowest BCUT2D eigenvalue weighted by Gasteiger charge is -2.13. The van der Waals surface area contributed by atoms with Gasteiger partial charge in [0, 0.05) is 0 Å². The lowest BCUT2D eigenvalue weighted by Crippen LogP contribution is -1.90. The van der Waals surface area contributed by atoms with E-state index in [1.807, 2.05) is 0 Å². The number of hydrogen-bond donors (Lipinski definition) is 0. The van der Waals surface area contributed by atoms with Crippen molar-refractivity contribution in [3.8, 4) is 0 Å². The van der Waals surface area contributed by atoms with Crippen LogP contribution in [0.15, 0.2) is 60.7 Å². The average molecular weight is 284 g/mol. The van der Waals surface area contributed by atoms with Gasteiger partial charge in [-0.15, -0.1) is 0 Å². The van der Waals surface area contributed by atoms with Gasteiger partial charge in [0.15, 0.2) is 0 Å². The van der Waals surface area contributed by atoms with Crippen molar-refractivity contribution in [2.75, 3.05) is 0 Å². The summed E-state index contributed by atoms with van der Waals surface area (Å²) in [5.74, 6) is 0. The van der Waals surface area contributed by atoms with E-state index in [-0.39, 0.29) is 0 Å². The van der Waals surface area contributed by atoms with E-state index in [1.54, 1.807) is 0 Å². The van der Waals surface area contributed by atoms with Crippen LogP contribution < -0.4 is 0 Å². The molecule has 0 saturated carbocycles. The quantitative estimate of drug-likeness (QED) is 0.300. The Labute approximate surface area is 131 Å². The van der Waals surface area contributed by atoms with E-state index < -0.39 is 0 Å². The Morgan fingerprint density at radius 2 is 1.41 bits per heavy atom. The van der Waals surface area contributed by atoms with Crippen LogP contribution in [0.25, 0.3) is 32.3 Å². The Morgan fingerprint density at radius 3 is 2.23 bits per heavy atom. The van der Waals surface area contributed by atoms with Crippen LogP contribution in [0.4, 0.5) is 0 Å². The maximum Gasteiger partial charge on any atom is -0.00963 e. The summed E-state index contributed by atoms with van der Waals surface area (Å²) < 4.78 is 0. The minimum Gasteiger partial charge on any atom is -0.0616 e. The predicted molar refractivity (Wildman–Crippen MR) is 97.7 cm³/mol. The minimum atomic E-state index is 1.07. The third-order valence-electron chi connectivity index (χ3n) is 4.80. The molecule has 0 spiro atoms. The van der Waals surface area contributed by atoms with E-state index in [2.05, 4.69) is 74.5 Å². The normalized spacial score (nSPS) is 11.5. The van der Waals surface area contributed by atoms with Crippen LogP contribution in [0.5, 0.6) is 0 Å². The van der Waals surface area contributed by atoms with Crippen LogP contribution in [0.3, 0.4) is 0 Å². The molecule has 0 heterocycles. The van der Waals surface area contributed by atoms with Crippen molar-refractivity contribution in [2.45, 2.75) is 26.7 Å². The lowest BCUT2D eigenvalue weighted by atomic mass is 9.91. The first-order valence-electron chi connectivity index (χ1n) is 8.17. The summed E-state index contributed by atoms with van der Waals surface area (Å²) in [4.78, 5) is 0. The smallest absolute Gasteiger partial charge is 0.00963 e. The van der Waals surface area contributed by atoms with E-state index >= 15 is 0 Å². The molecule has 0 aliphatic heterocycles. The molecule has 0 atom stereocenters. The van der Waals surface area contributed by atoms with Gasteiger partial charge in [-0.2, -0.15) is 0 Å². The Kier molecular flexibility index (Phi) is 3.11. The molecule has 22 heavy (non-hydrogen) atoms. The van der Waals surface area contributed by atoms with Gasteiger partial charge < -0.3 is 0 Å². The molecular weight excluding hydrogens is 264 g/mol. The molecule has 0 aromatic heterocycles. The monoisotopic (exact) mass is 284 g/mol. The Morgan fingerprint density at radius 1 is 0.591 bits per heavy atom. The molecule has 0 fully saturated rings. The summed E-state index contributed by atoms with van der Waals surface area (Å²) in [5, 5.41) is 8.24. The summed E-state index contributed by atoms with van der Waals surface area (Å²) in [6.45, 7) is 4.49. The van der Waals surface area contributed by atoms with Crippen LogP contribution >= 0.6 is 0 Å². The zero-order valence-electron chi connectivity index (χ0n) is 13.2.